The molecule has 0 fully saturated rings. The first kappa shape index (κ1) is 18.9. The highest BCUT2D eigenvalue weighted by Gasteiger charge is 2.09. The van der Waals surface area contributed by atoms with Crippen molar-refractivity contribution in [1.82, 2.24) is 4.98 Å². The van der Waals surface area contributed by atoms with Gasteiger partial charge >= 0.3 is 0 Å². The molecule has 1 N–H and O–H groups in total. The molecular weight excluding hydrogens is 380 g/mol. The molecule has 0 aliphatic heterocycles. The quantitative estimate of drug-likeness (QED) is 0.403. The highest BCUT2D eigenvalue weighted by Crippen LogP contribution is 2.30. The van der Waals surface area contributed by atoms with Crippen LogP contribution in [0.15, 0.2) is 97.1 Å². The fourth-order valence-corrected chi connectivity index (χ4v) is 3.22. The smallest absolute Gasteiger partial charge is 0.239 e. The van der Waals surface area contributed by atoms with E-state index in [1.807, 2.05) is 60.7 Å². The van der Waals surface area contributed by atoms with Crippen molar-refractivity contribution in [2.24, 2.45) is 0 Å². The lowest BCUT2D eigenvalue weighted by atomic mass is 10.00. The Labute approximate surface area is 175 Å². The van der Waals surface area contributed by atoms with Crippen molar-refractivity contribution in [1.29, 1.82) is 0 Å². The number of aromatic nitrogens is 1. The minimum Gasteiger partial charge on any atom is -0.325 e. The van der Waals surface area contributed by atoms with Gasteiger partial charge in [-0.1, -0.05) is 72.8 Å². The zero-order valence-corrected chi connectivity index (χ0v) is 16.4. The third kappa shape index (κ3) is 4.53. The minimum atomic E-state index is -0.221. The molecule has 4 aromatic rings. The zero-order valence-electron chi connectivity index (χ0n) is 15.7. The van der Waals surface area contributed by atoms with Crippen LogP contribution in [0.3, 0.4) is 0 Å². The topological polar surface area (TPSA) is 42.0 Å². The number of hydrogen-bond acceptors (Lipinski definition) is 2. The molecule has 0 spiro atoms. The Balaban J connectivity index is 1.77. The summed E-state index contributed by atoms with van der Waals surface area (Å²) in [5.41, 5.74) is 6.80. The van der Waals surface area contributed by atoms with Crippen LogP contribution in [-0.2, 0) is 4.79 Å². The highest BCUT2D eigenvalue weighted by molar-refractivity contribution is 6.29. The largest absolute Gasteiger partial charge is 0.325 e. The number of carbonyl (C=O) groups is 1. The number of pyridine rings is 1. The van der Waals surface area contributed by atoms with Crippen molar-refractivity contribution in [2.45, 2.75) is 0 Å². The summed E-state index contributed by atoms with van der Waals surface area (Å²) in [7, 11) is 0. The fourth-order valence-electron chi connectivity index (χ4n) is 3.15. The molecule has 1 aromatic heterocycles. The van der Waals surface area contributed by atoms with Crippen LogP contribution < -0.4 is 5.32 Å². The van der Waals surface area contributed by atoms with E-state index >= 15 is 0 Å². The maximum Gasteiger partial charge on any atom is 0.239 e. The number of anilines is 1. The molecule has 0 saturated carbocycles. The molecule has 0 radical (unpaired) electrons. The first-order valence-corrected chi connectivity index (χ1v) is 9.85. The Kier molecular flexibility index (Phi) is 5.68. The van der Waals surface area contributed by atoms with Crippen molar-refractivity contribution < 1.29 is 4.79 Å². The molecule has 1 heterocycles. The lowest BCUT2D eigenvalue weighted by Gasteiger charge is -2.11. The summed E-state index contributed by atoms with van der Waals surface area (Å²) in [5, 5.41) is 2.76. The molecule has 29 heavy (non-hydrogen) atoms. The number of amides is 1. The van der Waals surface area contributed by atoms with E-state index in [0.29, 0.717) is 0 Å². The summed E-state index contributed by atoms with van der Waals surface area (Å²) < 4.78 is 0. The summed E-state index contributed by atoms with van der Waals surface area (Å²) in [5.74, 6) is -0.284. The summed E-state index contributed by atoms with van der Waals surface area (Å²) in [6.07, 6.45) is 0. The Hall–Kier alpha value is -3.43. The molecule has 4 heteroatoms. The fraction of sp³-hybridized carbons (Fsp3) is 0.0400. The average molecular weight is 399 g/mol. The third-order valence-corrected chi connectivity index (χ3v) is 4.83. The van der Waals surface area contributed by atoms with Gasteiger partial charge in [0.2, 0.25) is 5.91 Å². The van der Waals surface area contributed by atoms with Gasteiger partial charge in [-0.05, 0) is 35.4 Å². The second kappa shape index (κ2) is 8.72. The minimum absolute atomic E-state index is 0.0625. The van der Waals surface area contributed by atoms with E-state index in [4.69, 9.17) is 16.6 Å². The predicted octanol–water partition coefficient (Wildman–Crippen LogP) is 6.26. The van der Waals surface area contributed by atoms with Crippen molar-refractivity contribution in [3.63, 3.8) is 0 Å². The van der Waals surface area contributed by atoms with Crippen molar-refractivity contribution in [3.05, 3.63) is 97.1 Å². The average Bonchev–Trinajstić information content (AvgIpc) is 2.80. The first-order valence-electron chi connectivity index (χ1n) is 9.32. The van der Waals surface area contributed by atoms with E-state index in [2.05, 4.69) is 41.7 Å². The zero-order chi connectivity index (χ0) is 20.1. The summed E-state index contributed by atoms with van der Waals surface area (Å²) >= 11 is 5.56. The van der Waals surface area contributed by atoms with Crippen LogP contribution in [0.4, 0.5) is 5.69 Å². The summed E-state index contributed by atoms with van der Waals surface area (Å²) in [6.45, 7) is 0. The molecule has 3 nitrogen and oxygen atoms in total. The number of alkyl halides is 1. The van der Waals surface area contributed by atoms with Gasteiger partial charge in [-0.25, -0.2) is 4.98 Å². The number of halogens is 1. The van der Waals surface area contributed by atoms with Crippen LogP contribution >= 0.6 is 11.6 Å². The standard InChI is InChI=1S/C25H19ClN2O/c26-17-25(29)27-22-13-11-18(12-14-22)21-15-23(19-7-3-1-4-8-19)28-24(16-21)20-9-5-2-6-10-20/h1-16H,17H2,(H,27,29). The van der Waals surface area contributed by atoms with Crippen molar-refractivity contribution >= 4 is 23.2 Å². The number of nitrogens with zero attached hydrogens (tertiary/aromatic N) is 1. The SMILES string of the molecule is O=C(CCl)Nc1ccc(-c2cc(-c3ccccc3)nc(-c3ccccc3)c2)cc1. The van der Waals surface area contributed by atoms with Gasteiger partial charge in [0.05, 0.1) is 11.4 Å². The second-order valence-corrected chi connectivity index (χ2v) is 6.88. The molecule has 0 saturated heterocycles. The van der Waals surface area contributed by atoms with Gasteiger partial charge in [-0.2, -0.15) is 0 Å². The van der Waals surface area contributed by atoms with Crippen LogP contribution in [0.25, 0.3) is 33.6 Å². The molecule has 3 aromatic carbocycles. The number of hydrogen-bond donors (Lipinski definition) is 1. The Bertz CT molecular complexity index is 1050. The normalized spacial score (nSPS) is 10.5. The number of rotatable bonds is 5. The molecule has 1 amide bonds. The summed E-state index contributed by atoms with van der Waals surface area (Å²) in [4.78, 5) is 16.4. The van der Waals surface area contributed by atoms with Crippen molar-refractivity contribution in [2.75, 3.05) is 11.2 Å². The molecule has 0 bridgehead atoms. The van der Waals surface area contributed by atoms with Crippen LogP contribution in [0.5, 0.6) is 0 Å². The summed E-state index contributed by atoms with van der Waals surface area (Å²) in [6, 6.07) is 32.2. The molecule has 142 valence electrons. The molecular formula is C25H19ClN2O. The Morgan fingerprint density at radius 1 is 0.690 bits per heavy atom. The lowest BCUT2D eigenvalue weighted by molar-refractivity contribution is -0.113. The molecule has 0 unspecified atom stereocenters. The van der Waals surface area contributed by atoms with Crippen LogP contribution in [0, 0.1) is 0 Å². The van der Waals surface area contributed by atoms with Gasteiger partial charge in [0.25, 0.3) is 0 Å². The molecule has 4 rings (SSSR count). The maximum atomic E-state index is 11.5. The third-order valence-electron chi connectivity index (χ3n) is 4.59. The van der Waals surface area contributed by atoms with Gasteiger partial charge in [-0.3, -0.25) is 4.79 Å². The van der Waals surface area contributed by atoms with E-state index in [9.17, 15) is 4.79 Å². The van der Waals surface area contributed by atoms with E-state index in [1.165, 1.54) is 0 Å². The number of nitrogens with one attached hydrogen (secondary N) is 1. The molecule has 0 aliphatic rings. The highest BCUT2D eigenvalue weighted by atomic mass is 35.5. The Morgan fingerprint density at radius 2 is 1.21 bits per heavy atom. The van der Waals surface area contributed by atoms with Crippen LogP contribution in [0.1, 0.15) is 0 Å². The second-order valence-electron chi connectivity index (χ2n) is 6.62. The lowest BCUT2D eigenvalue weighted by Crippen LogP contribution is -2.12. The molecule has 0 aliphatic carbocycles. The van der Waals surface area contributed by atoms with Gasteiger partial charge in [-0.15, -0.1) is 11.6 Å². The number of carbonyl (C=O) groups excluding carboxylic acids is 1. The van der Waals surface area contributed by atoms with E-state index < -0.39 is 0 Å². The van der Waals surface area contributed by atoms with Gasteiger partial charge < -0.3 is 5.32 Å². The van der Waals surface area contributed by atoms with E-state index in [0.717, 1.165) is 39.3 Å². The monoisotopic (exact) mass is 398 g/mol. The van der Waals surface area contributed by atoms with Gasteiger partial charge in [0.1, 0.15) is 5.88 Å². The van der Waals surface area contributed by atoms with Crippen molar-refractivity contribution in [3.8, 4) is 33.6 Å². The maximum absolute atomic E-state index is 11.5. The predicted molar refractivity (Wildman–Crippen MR) is 120 cm³/mol. The Morgan fingerprint density at radius 3 is 1.69 bits per heavy atom. The van der Waals surface area contributed by atoms with E-state index in [-0.39, 0.29) is 11.8 Å². The van der Waals surface area contributed by atoms with Crippen LogP contribution in [0.2, 0.25) is 0 Å². The van der Waals surface area contributed by atoms with Gasteiger partial charge in [0, 0.05) is 16.8 Å². The number of benzene rings is 3. The van der Waals surface area contributed by atoms with E-state index in [1.54, 1.807) is 0 Å². The first-order chi connectivity index (χ1) is 14.2. The van der Waals surface area contributed by atoms with Crippen LogP contribution in [-0.4, -0.2) is 16.8 Å². The van der Waals surface area contributed by atoms with Gasteiger partial charge in [0.15, 0.2) is 0 Å². The molecule has 0 atom stereocenters.